The number of rotatable bonds is 6. The molecular formula is C24H33N3O3S. The molecule has 0 spiro atoms. The van der Waals surface area contributed by atoms with E-state index in [1.54, 1.807) is 18.4 Å². The van der Waals surface area contributed by atoms with Gasteiger partial charge in [-0.25, -0.2) is 0 Å². The summed E-state index contributed by atoms with van der Waals surface area (Å²) < 4.78 is 5.38. The van der Waals surface area contributed by atoms with E-state index in [1.165, 1.54) is 4.88 Å². The zero-order valence-corrected chi connectivity index (χ0v) is 20.1. The molecule has 31 heavy (non-hydrogen) atoms. The Morgan fingerprint density at radius 2 is 1.90 bits per heavy atom. The number of para-hydroxylation sites is 2. The molecule has 0 bridgehead atoms. The fourth-order valence-electron chi connectivity index (χ4n) is 4.04. The molecule has 7 heteroatoms. The van der Waals surface area contributed by atoms with Gasteiger partial charge in [-0.05, 0) is 62.4 Å². The first kappa shape index (κ1) is 23.3. The van der Waals surface area contributed by atoms with E-state index in [0.717, 1.165) is 24.8 Å². The van der Waals surface area contributed by atoms with Crippen LogP contribution in [0.3, 0.4) is 0 Å². The number of hydrogen-bond donors (Lipinski definition) is 2. The molecular weight excluding hydrogens is 410 g/mol. The van der Waals surface area contributed by atoms with Crippen molar-refractivity contribution in [3.05, 3.63) is 40.3 Å². The number of anilines is 2. The maximum Gasteiger partial charge on any atom is 0.259 e. The standard InChI is InChI=1S/C24H33N3O3S/c1-24(2,3)15-11-12-16-19(13-15)31-23(26-20(28)14-27(4)5)21(16)22(29)25-17-9-7-8-10-18(17)30-6/h7-10,15H,11-14H2,1-6H3,(H,25,29)(H,26,28). The molecule has 2 aromatic rings. The number of ether oxygens (including phenoxy) is 1. The Hall–Kier alpha value is -2.38. The average Bonchev–Trinajstić information content (AvgIpc) is 3.03. The first-order valence-corrected chi connectivity index (χ1v) is 11.4. The number of likely N-dealkylation sites (N-methyl/N-ethyl adjacent to an activating group) is 1. The van der Waals surface area contributed by atoms with Crippen molar-refractivity contribution >= 4 is 33.8 Å². The second kappa shape index (κ2) is 9.40. The van der Waals surface area contributed by atoms with Crippen LogP contribution in [0.15, 0.2) is 24.3 Å². The van der Waals surface area contributed by atoms with Crippen LogP contribution in [0.1, 0.15) is 48.0 Å². The highest BCUT2D eigenvalue weighted by atomic mass is 32.1. The molecule has 0 aliphatic heterocycles. The molecule has 0 radical (unpaired) electrons. The summed E-state index contributed by atoms with van der Waals surface area (Å²) in [6, 6.07) is 7.34. The summed E-state index contributed by atoms with van der Waals surface area (Å²) in [6.45, 7) is 7.07. The van der Waals surface area contributed by atoms with E-state index in [0.29, 0.717) is 27.9 Å². The van der Waals surface area contributed by atoms with Crippen LogP contribution in [0.25, 0.3) is 0 Å². The number of nitrogens with zero attached hydrogens (tertiary/aromatic N) is 1. The minimum absolute atomic E-state index is 0.123. The Morgan fingerprint density at radius 3 is 2.55 bits per heavy atom. The van der Waals surface area contributed by atoms with Gasteiger partial charge < -0.3 is 20.3 Å². The van der Waals surface area contributed by atoms with Crippen LogP contribution in [0, 0.1) is 11.3 Å². The third-order valence-electron chi connectivity index (χ3n) is 5.79. The number of benzene rings is 1. The number of methoxy groups -OCH3 is 1. The van der Waals surface area contributed by atoms with Crippen LogP contribution in [0.4, 0.5) is 10.7 Å². The van der Waals surface area contributed by atoms with Crippen molar-refractivity contribution in [1.29, 1.82) is 0 Å². The normalized spacial score (nSPS) is 16.0. The molecule has 1 aromatic carbocycles. The summed E-state index contributed by atoms with van der Waals surface area (Å²) in [5.41, 5.74) is 2.47. The summed E-state index contributed by atoms with van der Waals surface area (Å²) >= 11 is 1.54. The van der Waals surface area contributed by atoms with Gasteiger partial charge in [0.25, 0.3) is 5.91 Å². The quantitative estimate of drug-likeness (QED) is 0.681. The van der Waals surface area contributed by atoms with Gasteiger partial charge in [-0.15, -0.1) is 11.3 Å². The van der Waals surface area contributed by atoms with Gasteiger partial charge in [-0.2, -0.15) is 0 Å². The molecule has 2 amide bonds. The van der Waals surface area contributed by atoms with Gasteiger partial charge in [0.2, 0.25) is 5.91 Å². The van der Waals surface area contributed by atoms with Crippen molar-refractivity contribution in [1.82, 2.24) is 4.90 Å². The van der Waals surface area contributed by atoms with Crippen LogP contribution in [-0.4, -0.2) is 44.5 Å². The average molecular weight is 444 g/mol. The van der Waals surface area contributed by atoms with Crippen LogP contribution in [-0.2, 0) is 17.6 Å². The monoisotopic (exact) mass is 443 g/mol. The van der Waals surface area contributed by atoms with Crippen molar-refractivity contribution < 1.29 is 14.3 Å². The number of thiophene rings is 1. The van der Waals surface area contributed by atoms with Gasteiger partial charge in [0.15, 0.2) is 0 Å². The molecule has 2 N–H and O–H groups in total. The second-order valence-electron chi connectivity index (χ2n) is 9.45. The fourth-order valence-corrected chi connectivity index (χ4v) is 5.38. The molecule has 1 heterocycles. The van der Waals surface area contributed by atoms with E-state index in [2.05, 4.69) is 31.4 Å². The third-order valence-corrected chi connectivity index (χ3v) is 6.95. The van der Waals surface area contributed by atoms with E-state index in [1.807, 2.05) is 43.3 Å². The summed E-state index contributed by atoms with van der Waals surface area (Å²) in [5.74, 6) is 0.818. The van der Waals surface area contributed by atoms with Crippen molar-refractivity contribution in [3.8, 4) is 5.75 Å². The molecule has 1 aromatic heterocycles. The van der Waals surface area contributed by atoms with Crippen molar-refractivity contribution in [2.45, 2.75) is 40.0 Å². The number of amides is 2. The first-order chi connectivity index (χ1) is 14.6. The topological polar surface area (TPSA) is 70.7 Å². The van der Waals surface area contributed by atoms with Gasteiger partial charge in [0, 0.05) is 4.88 Å². The van der Waals surface area contributed by atoms with E-state index in [4.69, 9.17) is 4.74 Å². The van der Waals surface area contributed by atoms with Crippen LogP contribution in [0.5, 0.6) is 5.75 Å². The number of carbonyl (C=O) groups is 2. The highest BCUT2D eigenvalue weighted by molar-refractivity contribution is 7.17. The minimum Gasteiger partial charge on any atom is -0.495 e. The molecule has 1 unspecified atom stereocenters. The van der Waals surface area contributed by atoms with Gasteiger partial charge >= 0.3 is 0 Å². The van der Waals surface area contributed by atoms with Crippen LogP contribution in [0.2, 0.25) is 0 Å². The number of nitrogens with one attached hydrogen (secondary N) is 2. The van der Waals surface area contributed by atoms with E-state index in [-0.39, 0.29) is 23.8 Å². The highest BCUT2D eigenvalue weighted by Gasteiger charge is 2.34. The van der Waals surface area contributed by atoms with Crippen LogP contribution < -0.4 is 15.4 Å². The number of fused-ring (bicyclic) bond motifs is 1. The van der Waals surface area contributed by atoms with Gasteiger partial charge in [-0.1, -0.05) is 32.9 Å². The van der Waals surface area contributed by atoms with Crippen LogP contribution >= 0.6 is 11.3 Å². The molecule has 3 rings (SSSR count). The Morgan fingerprint density at radius 1 is 1.19 bits per heavy atom. The summed E-state index contributed by atoms with van der Waals surface area (Å²) in [7, 11) is 5.28. The molecule has 1 aliphatic rings. The van der Waals surface area contributed by atoms with Gasteiger partial charge in [0.05, 0.1) is 24.9 Å². The second-order valence-corrected chi connectivity index (χ2v) is 10.6. The van der Waals surface area contributed by atoms with E-state index < -0.39 is 0 Å². The van der Waals surface area contributed by atoms with Gasteiger partial charge in [-0.3, -0.25) is 9.59 Å². The maximum atomic E-state index is 13.4. The smallest absolute Gasteiger partial charge is 0.259 e. The molecule has 1 atom stereocenters. The molecule has 6 nitrogen and oxygen atoms in total. The van der Waals surface area contributed by atoms with E-state index >= 15 is 0 Å². The first-order valence-electron chi connectivity index (χ1n) is 10.6. The zero-order chi connectivity index (χ0) is 22.8. The number of carbonyl (C=O) groups excluding carboxylic acids is 2. The Bertz CT molecular complexity index is 959. The van der Waals surface area contributed by atoms with Crippen molar-refractivity contribution in [2.75, 3.05) is 38.4 Å². The lowest BCUT2D eigenvalue weighted by atomic mass is 9.72. The molecule has 0 saturated carbocycles. The minimum atomic E-state index is -0.212. The Balaban J connectivity index is 1.95. The lowest BCUT2D eigenvalue weighted by molar-refractivity contribution is -0.116. The largest absolute Gasteiger partial charge is 0.495 e. The van der Waals surface area contributed by atoms with Crippen molar-refractivity contribution in [3.63, 3.8) is 0 Å². The van der Waals surface area contributed by atoms with E-state index in [9.17, 15) is 9.59 Å². The lowest BCUT2D eigenvalue weighted by Crippen LogP contribution is -2.28. The molecule has 0 fully saturated rings. The molecule has 168 valence electrons. The maximum absolute atomic E-state index is 13.4. The lowest BCUT2D eigenvalue weighted by Gasteiger charge is -2.33. The molecule has 0 saturated heterocycles. The third kappa shape index (κ3) is 5.46. The highest BCUT2D eigenvalue weighted by Crippen LogP contribution is 2.44. The summed E-state index contributed by atoms with van der Waals surface area (Å²) in [4.78, 5) is 28.9. The predicted molar refractivity (Wildman–Crippen MR) is 127 cm³/mol. The Kier molecular flexibility index (Phi) is 7.06. The Labute approximate surface area is 189 Å². The number of hydrogen-bond acceptors (Lipinski definition) is 5. The SMILES string of the molecule is COc1ccccc1NC(=O)c1c(NC(=O)CN(C)C)sc2c1CCC(C(C)(C)C)C2. The molecule has 1 aliphatic carbocycles. The predicted octanol–water partition coefficient (Wildman–Crippen LogP) is 4.66. The zero-order valence-electron chi connectivity index (χ0n) is 19.3. The van der Waals surface area contributed by atoms with Gasteiger partial charge in [0.1, 0.15) is 10.8 Å². The summed E-state index contributed by atoms with van der Waals surface area (Å²) in [5, 5.41) is 6.62. The summed E-state index contributed by atoms with van der Waals surface area (Å²) in [6.07, 6.45) is 2.81. The van der Waals surface area contributed by atoms with Crippen molar-refractivity contribution in [2.24, 2.45) is 11.3 Å². The fraction of sp³-hybridized carbons (Fsp3) is 0.500.